The van der Waals surface area contributed by atoms with Gasteiger partial charge in [-0.15, -0.1) is 0 Å². The molecule has 1 unspecified atom stereocenters. The quantitative estimate of drug-likeness (QED) is 0.493. The summed E-state index contributed by atoms with van der Waals surface area (Å²) in [5.41, 5.74) is 2.50. The summed E-state index contributed by atoms with van der Waals surface area (Å²) in [7, 11) is 0. The minimum atomic E-state index is -1.07. The molecule has 0 bridgehead atoms. The van der Waals surface area contributed by atoms with Gasteiger partial charge in [0.1, 0.15) is 16.7 Å². The number of carboxylic acids is 1. The van der Waals surface area contributed by atoms with E-state index in [-0.39, 0.29) is 23.8 Å². The predicted octanol–water partition coefficient (Wildman–Crippen LogP) is 4.97. The molecule has 0 aliphatic carbocycles. The minimum Gasteiger partial charge on any atom is -0.494 e. The van der Waals surface area contributed by atoms with Crippen LogP contribution in [0.5, 0.6) is 5.75 Å². The number of benzene rings is 2. The third-order valence-electron chi connectivity index (χ3n) is 5.33. The van der Waals surface area contributed by atoms with Crippen LogP contribution in [0.4, 0.5) is 4.39 Å². The summed E-state index contributed by atoms with van der Waals surface area (Å²) in [6.45, 7) is 2.41. The van der Waals surface area contributed by atoms with Crippen LogP contribution < -0.4 is 4.74 Å². The molecule has 1 N–H and O–H groups in total. The van der Waals surface area contributed by atoms with Crippen molar-refractivity contribution in [1.82, 2.24) is 9.99 Å². The Morgan fingerprint density at radius 1 is 1.18 bits per heavy atom. The Morgan fingerprint density at radius 2 is 1.94 bits per heavy atom. The molecule has 0 saturated carbocycles. The van der Waals surface area contributed by atoms with E-state index in [1.54, 1.807) is 18.2 Å². The zero-order valence-electron chi connectivity index (χ0n) is 17.8. The number of carboxylic acid groups (broad SMARTS) is 1. The Labute approximate surface area is 194 Å². The number of hydrazone groups is 1. The third-order valence-corrected chi connectivity index (χ3v) is 5.64. The number of amides is 1. The van der Waals surface area contributed by atoms with Crippen molar-refractivity contribution in [3.05, 3.63) is 70.6 Å². The van der Waals surface area contributed by atoms with Crippen molar-refractivity contribution in [1.29, 1.82) is 0 Å². The van der Waals surface area contributed by atoms with E-state index in [1.165, 1.54) is 17.1 Å². The first-order valence-corrected chi connectivity index (χ1v) is 10.8. The number of carbonyl (C=O) groups is 2. The molecular weight excluding hydrogens is 449 g/mol. The van der Waals surface area contributed by atoms with E-state index in [0.29, 0.717) is 41.1 Å². The first-order chi connectivity index (χ1) is 15.9. The van der Waals surface area contributed by atoms with Gasteiger partial charge >= 0.3 is 5.97 Å². The molecule has 4 rings (SSSR count). The fourth-order valence-electron chi connectivity index (χ4n) is 3.77. The normalized spacial score (nSPS) is 15.5. The van der Waals surface area contributed by atoms with Crippen molar-refractivity contribution in [2.45, 2.75) is 32.2 Å². The average molecular weight is 470 g/mol. The van der Waals surface area contributed by atoms with E-state index in [0.717, 1.165) is 5.39 Å². The Bertz CT molecular complexity index is 1250. The van der Waals surface area contributed by atoms with E-state index in [1.807, 2.05) is 25.1 Å². The van der Waals surface area contributed by atoms with Crippen LogP contribution >= 0.6 is 11.6 Å². The van der Waals surface area contributed by atoms with Gasteiger partial charge in [-0.3, -0.25) is 9.59 Å². The fraction of sp³-hybridized carbons (Fsp3) is 0.250. The summed E-state index contributed by atoms with van der Waals surface area (Å²) in [4.78, 5) is 28.4. The maximum absolute atomic E-state index is 13.4. The molecule has 1 aromatic heterocycles. The molecule has 0 fully saturated rings. The third kappa shape index (κ3) is 4.96. The van der Waals surface area contributed by atoms with Crippen molar-refractivity contribution in [2.75, 3.05) is 6.61 Å². The summed E-state index contributed by atoms with van der Waals surface area (Å²) in [5.74, 6) is -1.21. The number of nitrogens with zero attached hydrogens (tertiary/aromatic N) is 3. The number of hydrogen-bond donors (Lipinski definition) is 1. The maximum Gasteiger partial charge on any atom is 0.303 e. The largest absolute Gasteiger partial charge is 0.494 e. The SMILES string of the molecule is CCOc1ccc2nc(Cl)c(C3CC(c4ccc(F)cc4)=NN3C(=O)CCC(=O)O)cc2c1. The molecule has 1 aliphatic rings. The fourth-order valence-corrected chi connectivity index (χ4v) is 4.04. The number of pyridine rings is 1. The Hall–Kier alpha value is -3.52. The second kappa shape index (κ2) is 9.54. The van der Waals surface area contributed by atoms with Gasteiger partial charge in [-0.05, 0) is 48.9 Å². The molecule has 1 atom stereocenters. The van der Waals surface area contributed by atoms with E-state index in [2.05, 4.69) is 10.1 Å². The lowest BCUT2D eigenvalue weighted by Gasteiger charge is -2.23. The number of rotatable bonds is 7. The molecule has 1 amide bonds. The van der Waals surface area contributed by atoms with Crippen LogP contribution in [0.3, 0.4) is 0 Å². The van der Waals surface area contributed by atoms with Gasteiger partial charge < -0.3 is 9.84 Å². The molecule has 0 radical (unpaired) electrons. The van der Waals surface area contributed by atoms with Crippen molar-refractivity contribution < 1.29 is 23.8 Å². The predicted molar refractivity (Wildman–Crippen MR) is 122 cm³/mol. The lowest BCUT2D eigenvalue weighted by molar-refractivity contribution is -0.141. The second-order valence-electron chi connectivity index (χ2n) is 7.56. The van der Waals surface area contributed by atoms with Gasteiger partial charge in [0.2, 0.25) is 5.91 Å². The van der Waals surface area contributed by atoms with Crippen LogP contribution in [0.25, 0.3) is 10.9 Å². The van der Waals surface area contributed by atoms with E-state index in [9.17, 15) is 14.0 Å². The molecule has 7 nitrogen and oxygen atoms in total. The van der Waals surface area contributed by atoms with Crippen LogP contribution in [0.15, 0.2) is 53.6 Å². The Balaban J connectivity index is 1.73. The standard InChI is InChI=1S/C24H21ClFN3O4/c1-2-33-17-7-8-19-15(11-17)12-18(24(25)27-19)21-13-20(14-3-5-16(26)6-4-14)28-29(21)22(30)9-10-23(31)32/h3-8,11-12,21H,2,9-10,13H2,1H3,(H,31,32). The lowest BCUT2D eigenvalue weighted by atomic mass is 9.98. The number of halogens is 2. The monoisotopic (exact) mass is 469 g/mol. The van der Waals surface area contributed by atoms with Gasteiger partial charge in [-0.2, -0.15) is 5.10 Å². The van der Waals surface area contributed by atoms with Crippen LogP contribution in [-0.4, -0.2) is 39.3 Å². The highest BCUT2D eigenvalue weighted by Crippen LogP contribution is 2.38. The summed E-state index contributed by atoms with van der Waals surface area (Å²) < 4.78 is 19.0. The van der Waals surface area contributed by atoms with Gasteiger partial charge in [0.15, 0.2) is 0 Å². The Morgan fingerprint density at radius 3 is 2.64 bits per heavy atom. The first kappa shape index (κ1) is 22.7. The van der Waals surface area contributed by atoms with Crippen LogP contribution in [0.2, 0.25) is 5.15 Å². The van der Waals surface area contributed by atoms with Gasteiger partial charge in [0.25, 0.3) is 0 Å². The van der Waals surface area contributed by atoms with Crippen molar-refractivity contribution >= 4 is 40.1 Å². The molecule has 0 saturated heterocycles. The summed E-state index contributed by atoms with van der Waals surface area (Å²) in [6, 6.07) is 12.5. The highest BCUT2D eigenvalue weighted by molar-refractivity contribution is 6.30. The first-order valence-electron chi connectivity index (χ1n) is 10.5. The zero-order chi connectivity index (χ0) is 23.5. The van der Waals surface area contributed by atoms with E-state index in [4.69, 9.17) is 21.4 Å². The highest BCUT2D eigenvalue weighted by Gasteiger charge is 2.35. The van der Waals surface area contributed by atoms with Crippen molar-refractivity contribution in [3.63, 3.8) is 0 Å². The number of fused-ring (bicyclic) bond motifs is 1. The van der Waals surface area contributed by atoms with E-state index >= 15 is 0 Å². The van der Waals surface area contributed by atoms with Gasteiger partial charge in [0.05, 0.1) is 30.3 Å². The zero-order valence-corrected chi connectivity index (χ0v) is 18.6. The van der Waals surface area contributed by atoms with Crippen molar-refractivity contribution in [2.24, 2.45) is 5.10 Å². The molecule has 2 aromatic carbocycles. The molecule has 9 heteroatoms. The summed E-state index contributed by atoms with van der Waals surface area (Å²) in [6.07, 6.45) is -0.202. The van der Waals surface area contributed by atoms with Gasteiger partial charge in [-0.1, -0.05) is 23.7 Å². The van der Waals surface area contributed by atoms with Crippen LogP contribution in [0.1, 0.15) is 43.4 Å². The Kier molecular flexibility index (Phi) is 6.55. The minimum absolute atomic E-state index is 0.209. The van der Waals surface area contributed by atoms with Crippen molar-refractivity contribution in [3.8, 4) is 5.75 Å². The molecule has 0 spiro atoms. The van der Waals surface area contributed by atoms with E-state index < -0.39 is 17.9 Å². The summed E-state index contributed by atoms with van der Waals surface area (Å²) in [5, 5.41) is 15.7. The second-order valence-corrected chi connectivity index (χ2v) is 7.92. The topological polar surface area (TPSA) is 92.1 Å². The number of aliphatic carboxylic acids is 1. The molecule has 1 aliphatic heterocycles. The van der Waals surface area contributed by atoms with Crippen LogP contribution in [-0.2, 0) is 9.59 Å². The van der Waals surface area contributed by atoms with Gasteiger partial charge in [0, 0.05) is 23.8 Å². The highest BCUT2D eigenvalue weighted by atomic mass is 35.5. The van der Waals surface area contributed by atoms with Gasteiger partial charge in [-0.25, -0.2) is 14.4 Å². The molecular formula is C24H21ClFN3O4. The number of aromatic nitrogens is 1. The maximum atomic E-state index is 13.4. The summed E-state index contributed by atoms with van der Waals surface area (Å²) >= 11 is 6.52. The number of carbonyl (C=O) groups excluding carboxylic acids is 1. The average Bonchev–Trinajstić information content (AvgIpc) is 3.23. The molecule has 3 aromatic rings. The molecule has 33 heavy (non-hydrogen) atoms. The molecule has 170 valence electrons. The smallest absolute Gasteiger partial charge is 0.303 e. The molecule has 2 heterocycles. The number of ether oxygens (including phenoxy) is 1. The number of hydrogen-bond acceptors (Lipinski definition) is 5. The lowest BCUT2D eigenvalue weighted by Crippen LogP contribution is -2.27. The van der Waals surface area contributed by atoms with Crippen LogP contribution in [0, 0.1) is 5.82 Å².